The van der Waals surface area contributed by atoms with Crippen molar-refractivity contribution in [3.63, 3.8) is 0 Å². The molecular weight excluding hydrogens is 262 g/mol. The molecule has 1 rings (SSSR count). The maximum atomic E-state index is 11.8. The molecule has 1 unspecified atom stereocenters. The summed E-state index contributed by atoms with van der Waals surface area (Å²) >= 11 is 0. The van der Waals surface area contributed by atoms with Gasteiger partial charge >= 0.3 is 11.9 Å². The second-order valence-electron chi connectivity index (χ2n) is 4.77. The van der Waals surface area contributed by atoms with Crippen LogP contribution >= 0.6 is 0 Å². The van der Waals surface area contributed by atoms with Crippen LogP contribution in [0.2, 0.25) is 0 Å². The van der Waals surface area contributed by atoms with Crippen molar-refractivity contribution < 1.29 is 24.6 Å². The fourth-order valence-electron chi connectivity index (χ4n) is 1.79. The van der Waals surface area contributed by atoms with Crippen LogP contribution in [0.4, 0.5) is 0 Å². The molecule has 0 heterocycles. The third-order valence-corrected chi connectivity index (χ3v) is 2.85. The summed E-state index contributed by atoms with van der Waals surface area (Å²) in [7, 11) is 0. The summed E-state index contributed by atoms with van der Waals surface area (Å²) < 4.78 is 0. The predicted molar refractivity (Wildman–Crippen MR) is 71.5 cm³/mol. The third-order valence-electron chi connectivity index (χ3n) is 2.85. The normalized spacial score (nSPS) is 11.9. The van der Waals surface area contributed by atoms with Gasteiger partial charge in [-0.3, -0.25) is 4.79 Å². The molecule has 1 atom stereocenters. The van der Waals surface area contributed by atoms with Gasteiger partial charge in [0.25, 0.3) is 0 Å². The monoisotopic (exact) mass is 279 g/mol. The minimum atomic E-state index is -1.12. The molecule has 3 N–H and O–H groups in total. The van der Waals surface area contributed by atoms with Crippen LogP contribution in [0.5, 0.6) is 0 Å². The van der Waals surface area contributed by atoms with E-state index in [4.69, 9.17) is 10.2 Å². The molecule has 0 saturated carbocycles. The Labute approximate surface area is 116 Å². The lowest BCUT2D eigenvalue weighted by Gasteiger charge is -2.18. The fourth-order valence-corrected chi connectivity index (χ4v) is 1.79. The van der Waals surface area contributed by atoms with Gasteiger partial charge in [-0.2, -0.15) is 0 Å². The molecule has 20 heavy (non-hydrogen) atoms. The molecule has 1 aromatic carbocycles. The molecule has 0 spiro atoms. The van der Waals surface area contributed by atoms with E-state index < -0.39 is 23.9 Å². The van der Waals surface area contributed by atoms with Crippen molar-refractivity contribution in [2.24, 2.45) is 5.92 Å². The number of amides is 1. The molecule has 0 saturated heterocycles. The van der Waals surface area contributed by atoms with Crippen LogP contribution in [0.1, 0.15) is 29.8 Å². The lowest BCUT2D eigenvalue weighted by Crippen LogP contribution is -2.45. The van der Waals surface area contributed by atoms with Crippen molar-refractivity contribution in [1.82, 2.24) is 5.32 Å². The molecule has 0 fully saturated rings. The highest BCUT2D eigenvalue weighted by atomic mass is 16.4. The van der Waals surface area contributed by atoms with E-state index in [1.165, 1.54) is 12.1 Å². The van der Waals surface area contributed by atoms with Crippen LogP contribution in [0.25, 0.3) is 0 Å². The van der Waals surface area contributed by atoms with Gasteiger partial charge in [-0.1, -0.05) is 32.0 Å². The van der Waals surface area contributed by atoms with Gasteiger partial charge in [0.15, 0.2) is 0 Å². The molecule has 6 heteroatoms. The number of aromatic carboxylic acids is 1. The van der Waals surface area contributed by atoms with Gasteiger partial charge in [0.2, 0.25) is 5.91 Å². The van der Waals surface area contributed by atoms with E-state index in [0.29, 0.717) is 5.56 Å². The van der Waals surface area contributed by atoms with Crippen molar-refractivity contribution in [2.45, 2.75) is 26.3 Å². The van der Waals surface area contributed by atoms with Crippen LogP contribution in [0.3, 0.4) is 0 Å². The van der Waals surface area contributed by atoms with E-state index in [2.05, 4.69) is 5.32 Å². The smallest absolute Gasteiger partial charge is 0.335 e. The molecule has 0 bridgehead atoms. The van der Waals surface area contributed by atoms with Crippen LogP contribution in [-0.2, 0) is 16.0 Å². The second-order valence-corrected chi connectivity index (χ2v) is 4.77. The average molecular weight is 279 g/mol. The Balaban J connectivity index is 2.81. The van der Waals surface area contributed by atoms with Gasteiger partial charge in [-0.15, -0.1) is 0 Å². The highest BCUT2D eigenvalue weighted by Gasteiger charge is 2.24. The molecule has 0 aliphatic heterocycles. The number of aliphatic carboxylic acids is 1. The standard InChI is InChI=1S/C14H17NO5/c1-8(2)12(14(19)20)15-11(16)7-9-5-3-4-6-10(9)13(17)18/h3-6,8,12H,7H2,1-2H3,(H,15,16)(H,17,18)(H,19,20). The first kappa shape index (κ1) is 15.7. The van der Waals surface area contributed by atoms with Crippen LogP contribution in [0.15, 0.2) is 24.3 Å². The van der Waals surface area contributed by atoms with E-state index in [-0.39, 0.29) is 17.9 Å². The van der Waals surface area contributed by atoms with E-state index in [1.807, 2.05) is 0 Å². The Morgan fingerprint density at radius 2 is 1.75 bits per heavy atom. The highest BCUT2D eigenvalue weighted by Crippen LogP contribution is 2.10. The summed E-state index contributed by atoms with van der Waals surface area (Å²) in [5, 5.41) is 20.4. The molecule has 0 radical (unpaired) electrons. The molecular formula is C14H17NO5. The van der Waals surface area contributed by atoms with Crippen LogP contribution in [-0.4, -0.2) is 34.1 Å². The SMILES string of the molecule is CC(C)C(NC(=O)Cc1ccccc1C(=O)O)C(=O)O. The summed E-state index contributed by atoms with van der Waals surface area (Å²) in [5.41, 5.74) is 0.393. The zero-order chi connectivity index (χ0) is 15.3. The number of carboxylic acid groups (broad SMARTS) is 2. The summed E-state index contributed by atoms with van der Waals surface area (Å²) in [4.78, 5) is 33.9. The Morgan fingerprint density at radius 1 is 1.15 bits per heavy atom. The Kier molecular flexibility index (Phi) is 5.25. The predicted octanol–water partition coefficient (Wildman–Crippen LogP) is 1.15. The first-order valence-corrected chi connectivity index (χ1v) is 6.16. The van der Waals surface area contributed by atoms with Crippen molar-refractivity contribution >= 4 is 17.8 Å². The molecule has 108 valence electrons. The van der Waals surface area contributed by atoms with Gasteiger partial charge < -0.3 is 15.5 Å². The number of benzene rings is 1. The highest BCUT2D eigenvalue weighted by molar-refractivity contribution is 5.92. The first-order valence-electron chi connectivity index (χ1n) is 6.16. The Hall–Kier alpha value is -2.37. The second kappa shape index (κ2) is 6.70. The molecule has 0 aliphatic rings. The van der Waals surface area contributed by atoms with Gasteiger partial charge in [0.1, 0.15) is 6.04 Å². The molecule has 0 aromatic heterocycles. The number of carboxylic acids is 2. The average Bonchev–Trinajstić information content (AvgIpc) is 2.35. The van der Waals surface area contributed by atoms with Crippen LogP contribution < -0.4 is 5.32 Å². The number of hydrogen-bond acceptors (Lipinski definition) is 3. The first-order chi connectivity index (χ1) is 9.32. The Bertz CT molecular complexity index is 524. The van der Waals surface area contributed by atoms with Crippen molar-refractivity contribution in [2.75, 3.05) is 0 Å². The van der Waals surface area contributed by atoms with Crippen LogP contribution in [0, 0.1) is 5.92 Å². The maximum absolute atomic E-state index is 11.8. The summed E-state index contributed by atoms with van der Waals surface area (Å²) in [5.74, 6) is -3.00. The quantitative estimate of drug-likeness (QED) is 0.724. The van der Waals surface area contributed by atoms with Gasteiger partial charge in [0, 0.05) is 0 Å². The van der Waals surface area contributed by atoms with E-state index in [0.717, 1.165) is 0 Å². The van der Waals surface area contributed by atoms with Gasteiger partial charge in [-0.05, 0) is 17.5 Å². The van der Waals surface area contributed by atoms with E-state index >= 15 is 0 Å². The van der Waals surface area contributed by atoms with E-state index in [1.54, 1.807) is 26.0 Å². The molecule has 1 aromatic rings. The van der Waals surface area contributed by atoms with E-state index in [9.17, 15) is 14.4 Å². The lowest BCUT2D eigenvalue weighted by molar-refractivity contribution is -0.143. The summed E-state index contributed by atoms with van der Waals surface area (Å²) in [6.07, 6.45) is -0.168. The fraction of sp³-hybridized carbons (Fsp3) is 0.357. The topological polar surface area (TPSA) is 104 Å². The van der Waals surface area contributed by atoms with Gasteiger partial charge in [0.05, 0.1) is 12.0 Å². The number of rotatable bonds is 6. The minimum absolute atomic E-state index is 0.0408. The number of hydrogen-bond donors (Lipinski definition) is 3. The van der Waals surface area contributed by atoms with Gasteiger partial charge in [-0.25, -0.2) is 9.59 Å². The minimum Gasteiger partial charge on any atom is -0.480 e. The zero-order valence-electron chi connectivity index (χ0n) is 11.3. The number of carbonyl (C=O) groups excluding carboxylic acids is 1. The molecule has 0 aliphatic carbocycles. The Morgan fingerprint density at radius 3 is 2.25 bits per heavy atom. The number of nitrogens with one attached hydrogen (secondary N) is 1. The third kappa shape index (κ3) is 4.08. The summed E-state index contributed by atoms with van der Waals surface area (Å²) in [6.45, 7) is 3.37. The van der Waals surface area contributed by atoms with Crippen molar-refractivity contribution in [3.05, 3.63) is 35.4 Å². The van der Waals surface area contributed by atoms with Crippen molar-refractivity contribution in [1.29, 1.82) is 0 Å². The van der Waals surface area contributed by atoms with Crippen molar-refractivity contribution in [3.8, 4) is 0 Å². The lowest BCUT2D eigenvalue weighted by atomic mass is 10.0. The zero-order valence-corrected chi connectivity index (χ0v) is 11.3. The number of carbonyl (C=O) groups is 3. The maximum Gasteiger partial charge on any atom is 0.335 e. The largest absolute Gasteiger partial charge is 0.480 e. The molecule has 6 nitrogen and oxygen atoms in total. The summed E-state index contributed by atoms with van der Waals surface area (Å²) in [6, 6.07) is 5.15. The molecule has 1 amide bonds.